The summed E-state index contributed by atoms with van der Waals surface area (Å²) in [5, 5.41) is 7.16. The fraction of sp³-hybridized carbons (Fsp3) is 0.529. The lowest BCUT2D eigenvalue weighted by molar-refractivity contribution is -0.123. The molecule has 1 aliphatic carbocycles. The molecule has 3 atom stereocenters. The van der Waals surface area contributed by atoms with Crippen molar-refractivity contribution in [3.8, 4) is 5.75 Å². The van der Waals surface area contributed by atoms with Crippen molar-refractivity contribution in [2.75, 3.05) is 13.2 Å². The van der Waals surface area contributed by atoms with E-state index in [2.05, 4.69) is 23.5 Å². The lowest BCUT2D eigenvalue weighted by atomic mass is 10.0. The second kappa shape index (κ2) is 5.30. The predicted molar refractivity (Wildman–Crippen MR) is 81.9 cm³/mol. The molecule has 0 saturated heterocycles. The van der Waals surface area contributed by atoms with Gasteiger partial charge in [-0.3, -0.25) is 4.79 Å². The van der Waals surface area contributed by atoms with Crippen LogP contribution >= 0.6 is 0 Å². The van der Waals surface area contributed by atoms with E-state index < -0.39 is 0 Å². The van der Waals surface area contributed by atoms with Gasteiger partial charge in [-0.25, -0.2) is 0 Å². The van der Waals surface area contributed by atoms with Crippen LogP contribution in [0, 0.1) is 11.8 Å². The Hall–Kier alpha value is -2.04. The highest BCUT2D eigenvalue weighted by Crippen LogP contribution is 2.37. The first-order chi connectivity index (χ1) is 10.7. The van der Waals surface area contributed by atoms with E-state index in [-0.39, 0.29) is 17.9 Å². The molecule has 0 radical (unpaired) electrons. The zero-order chi connectivity index (χ0) is 15.1. The van der Waals surface area contributed by atoms with E-state index in [9.17, 15) is 4.79 Å². The average molecular weight is 300 g/mol. The monoisotopic (exact) mass is 300 g/mol. The van der Waals surface area contributed by atoms with Crippen molar-refractivity contribution in [3.05, 3.63) is 29.3 Å². The maximum Gasteiger partial charge on any atom is 0.223 e. The summed E-state index contributed by atoms with van der Waals surface area (Å²) < 4.78 is 5.52. The highest BCUT2D eigenvalue weighted by Gasteiger charge is 2.39. The molecule has 3 aliphatic rings. The zero-order valence-corrected chi connectivity index (χ0v) is 12.7. The second-order valence-corrected chi connectivity index (χ2v) is 6.46. The molecule has 0 unspecified atom stereocenters. The van der Waals surface area contributed by atoms with Gasteiger partial charge in [0, 0.05) is 18.8 Å². The summed E-state index contributed by atoms with van der Waals surface area (Å²) in [5.74, 6) is 1.87. The Kier molecular flexibility index (Phi) is 3.28. The number of oxime groups is 1. The molecule has 0 spiro atoms. The number of fused-ring (bicyclic) bond motifs is 1. The smallest absolute Gasteiger partial charge is 0.223 e. The van der Waals surface area contributed by atoms with E-state index >= 15 is 0 Å². The normalized spacial score (nSPS) is 28.4. The van der Waals surface area contributed by atoms with Crippen molar-refractivity contribution in [2.45, 2.75) is 32.3 Å². The zero-order valence-electron chi connectivity index (χ0n) is 12.7. The maximum absolute atomic E-state index is 11.8. The summed E-state index contributed by atoms with van der Waals surface area (Å²) >= 11 is 0. The quantitative estimate of drug-likeness (QED) is 0.923. The maximum atomic E-state index is 11.8. The summed E-state index contributed by atoms with van der Waals surface area (Å²) in [4.78, 5) is 17.3. The van der Waals surface area contributed by atoms with Crippen molar-refractivity contribution < 1.29 is 14.4 Å². The Morgan fingerprint density at radius 3 is 3.14 bits per heavy atom. The van der Waals surface area contributed by atoms with Crippen LogP contribution in [0.3, 0.4) is 0 Å². The third kappa shape index (κ3) is 2.56. The number of amides is 1. The highest BCUT2D eigenvalue weighted by molar-refractivity contribution is 6.01. The molecule has 2 aliphatic heterocycles. The summed E-state index contributed by atoms with van der Waals surface area (Å²) in [6.45, 7) is 3.40. The molecule has 2 heterocycles. The van der Waals surface area contributed by atoms with Gasteiger partial charge in [-0.2, -0.15) is 0 Å². The molecule has 1 aromatic rings. The summed E-state index contributed by atoms with van der Waals surface area (Å²) in [6, 6.07) is 6.17. The van der Waals surface area contributed by atoms with Gasteiger partial charge in [0.05, 0.1) is 18.9 Å². The number of carbonyl (C=O) groups excluding carboxylic acids is 1. The van der Waals surface area contributed by atoms with Crippen LogP contribution in [0.4, 0.5) is 0 Å². The minimum atomic E-state index is -0.0579. The van der Waals surface area contributed by atoms with Gasteiger partial charge >= 0.3 is 0 Å². The Morgan fingerprint density at radius 1 is 1.45 bits per heavy atom. The van der Waals surface area contributed by atoms with E-state index in [1.807, 2.05) is 12.1 Å². The van der Waals surface area contributed by atoms with Gasteiger partial charge in [0.1, 0.15) is 11.9 Å². The molecule has 4 rings (SSSR count). The minimum absolute atomic E-state index is 0.0579. The highest BCUT2D eigenvalue weighted by atomic mass is 16.6. The molecule has 22 heavy (non-hydrogen) atoms. The molecule has 1 N–H and O–H groups in total. The molecule has 1 fully saturated rings. The number of rotatable bonds is 4. The Balaban J connectivity index is 1.33. The van der Waals surface area contributed by atoms with Crippen molar-refractivity contribution in [2.24, 2.45) is 17.0 Å². The Bertz CT molecular complexity index is 641. The minimum Gasteiger partial charge on any atom is -0.493 e. The summed E-state index contributed by atoms with van der Waals surface area (Å²) in [5.41, 5.74) is 3.28. The van der Waals surface area contributed by atoms with Gasteiger partial charge in [0.15, 0.2) is 0 Å². The van der Waals surface area contributed by atoms with Crippen LogP contribution in [0.1, 0.15) is 30.9 Å². The molecular weight excluding hydrogens is 280 g/mol. The van der Waals surface area contributed by atoms with Crippen LogP contribution in [0.2, 0.25) is 0 Å². The number of hydrogen-bond donors (Lipinski definition) is 1. The molecule has 5 nitrogen and oxygen atoms in total. The number of benzene rings is 1. The number of hydrogen-bond acceptors (Lipinski definition) is 4. The Morgan fingerprint density at radius 2 is 2.32 bits per heavy atom. The van der Waals surface area contributed by atoms with Crippen LogP contribution in [0.25, 0.3) is 0 Å². The molecule has 0 bridgehead atoms. The molecule has 1 saturated carbocycles. The molecule has 116 valence electrons. The van der Waals surface area contributed by atoms with Gasteiger partial charge in [0.25, 0.3) is 0 Å². The van der Waals surface area contributed by atoms with Crippen molar-refractivity contribution in [3.63, 3.8) is 0 Å². The SMILES string of the molecule is C[C@@H]1C[C@H]1C(=O)NC[C@@H]1CC(c2ccc3c(c2)CCO3)=NO1. The third-order valence-corrected chi connectivity index (χ3v) is 4.71. The van der Waals surface area contributed by atoms with Crippen LogP contribution in [0.5, 0.6) is 5.75 Å². The first-order valence-corrected chi connectivity index (χ1v) is 7.97. The number of ether oxygens (including phenoxy) is 1. The second-order valence-electron chi connectivity index (χ2n) is 6.46. The van der Waals surface area contributed by atoms with E-state index in [1.54, 1.807) is 0 Å². The van der Waals surface area contributed by atoms with Crippen LogP contribution in [0.15, 0.2) is 23.4 Å². The average Bonchev–Trinajstić information content (AvgIpc) is 2.96. The summed E-state index contributed by atoms with van der Waals surface area (Å²) in [7, 11) is 0. The molecular formula is C17H20N2O3. The first-order valence-electron chi connectivity index (χ1n) is 7.97. The van der Waals surface area contributed by atoms with Crippen molar-refractivity contribution in [1.29, 1.82) is 0 Å². The van der Waals surface area contributed by atoms with Gasteiger partial charge < -0.3 is 14.9 Å². The molecule has 1 amide bonds. The number of nitrogens with one attached hydrogen (secondary N) is 1. The fourth-order valence-electron chi connectivity index (χ4n) is 3.11. The van der Waals surface area contributed by atoms with Crippen molar-refractivity contribution >= 4 is 11.6 Å². The van der Waals surface area contributed by atoms with Gasteiger partial charge in [-0.05, 0) is 41.7 Å². The number of carbonyl (C=O) groups is 1. The van der Waals surface area contributed by atoms with E-state index in [0.29, 0.717) is 12.5 Å². The van der Waals surface area contributed by atoms with Gasteiger partial charge in [-0.15, -0.1) is 0 Å². The molecule has 0 aromatic heterocycles. The standard InChI is InChI=1S/C17H20N2O3/c1-10-6-14(10)17(20)18-9-13-8-15(19-22-13)11-2-3-16-12(7-11)4-5-21-16/h2-3,7,10,13-14H,4-6,8-9H2,1H3,(H,18,20)/t10-,13+,14-/m1/s1. The lowest BCUT2D eigenvalue weighted by Crippen LogP contribution is -2.33. The third-order valence-electron chi connectivity index (χ3n) is 4.71. The van der Waals surface area contributed by atoms with Gasteiger partial charge in [-0.1, -0.05) is 12.1 Å². The number of nitrogens with zero attached hydrogens (tertiary/aromatic N) is 1. The Labute approximate surface area is 129 Å². The lowest BCUT2D eigenvalue weighted by Gasteiger charge is -2.09. The predicted octanol–water partition coefficient (Wildman–Crippen LogP) is 1.89. The van der Waals surface area contributed by atoms with Crippen LogP contribution in [-0.2, 0) is 16.1 Å². The van der Waals surface area contributed by atoms with E-state index in [0.717, 1.165) is 42.9 Å². The molecule has 1 aromatic carbocycles. The van der Waals surface area contributed by atoms with Gasteiger partial charge in [0.2, 0.25) is 5.91 Å². The van der Waals surface area contributed by atoms with Crippen LogP contribution in [-0.4, -0.2) is 30.9 Å². The van der Waals surface area contributed by atoms with E-state index in [4.69, 9.17) is 9.57 Å². The first kappa shape index (κ1) is 13.6. The topological polar surface area (TPSA) is 59.9 Å². The molecule has 5 heteroatoms. The fourth-order valence-corrected chi connectivity index (χ4v) is 3.11. The van der Waals surface area contributed by atoms with Crippen LogP contribution < -0.4 is 10.1 Å². The van der Waals surface area contributed by atoms with E-state index in [1.165, 1.54) is 5.56 Å². The summed E-state index contributed by atoms with van der Waals surface area (Å²) in [6.07, 6.45) is 2.64. The van der Waals surface area contributed by atoms with Crippen molar-refractivity contribution in [1.82, 2.24) is 5.32 Å². The largest absolute Gasteiger partial charge is 0.493 e.